The van der Waals surface area contributed by atoms with Gasteiger partial charge in [0.05, 0.1) is 17.2 Å². The Morgan fingerprint density at radius 3 is 2.81 bits per heavy atom. The molecule has 3 aromatic rings. The second-order valence-corrected chi connectivity index (χ2v) is 6.72. The molecule has 6 nitrogen and oxygen atoms in total. The number of aromatic nitrogens is 3. The molecule has 1 N–H and O–H groups in total. The van der Waals surface area contributed by atoms with Gasteiger partial charge in [0, 0.05) is 5.69 Å². The van der Waals surface area contributed by atoms with Crippen LogP contribution in [0, 0.1) is 0 Å². The number of anilines is 1. The molecular weight excluding hydrogens is 326 g/mol. The number of nitrogens with zero attached hydrogens (tertiary/aromatic N) is 4. The Kier molecular flexibility index (Phi) is 4.67. The summed E-state index contributed by atoms with van der Waals surface area (Å²) in [5.41, 5.74) is 3.56. The van der Waals surface area contributed by atoms with Crippen molar-refractivity contribution in [2.75, 3.05) is 18.4 Å². The van der Waals surface area contributed by atoms with Gasteiger partial charge in [0.2, 0.25) is 5.91 Å². The van der Waals surface area contributed by atoms with E-state index in [2.05, 4.69) is 27.5 Å². The Morgan fingerprint density at radius 2 is 2.00 bits per heavy atom. The van der Waals surface area contributed by atoms with Gasteiger partial charge in [-0.3, -0.25) is 9.69 Å². The largest absolute Gasteiger partial charge is 0.325 e. The molecule has 134 valence electrons. The molecule has 26 heavy (non-hydrogen) atoms. The van der Waals surface area contributed by atoms with E-state index in [4.69, 9.17) is 0 Å². The van der Waals surface area contributed by atoms with Crippen molar-refractivity contribution in [2.45, 2.75) is 32.2 Å². The quantitative estimate of drug-likeness (QED) is 0.768. The Labute approximate surface area is 152 Å². The second-order valence-electron chi connectivity index (χ2n) is 6.72. The zero-order valence-corrected chi connectivity index (χ0v) is 14.9. The molecule has 1 amide bonds. The molecule has 0 unspecified atom stereocenters. The predicted molar refractivity (Wildman–Crippen MR) is 102 cm³/mol. The number of amides is 1. The fourth-order valence-corrected chi connectivity index (χ4v) is 3.65. The SMILES string of the molecule is CCCN1CCC[C@H]1C(=O)Nc1ccc(-n2nnc3ccccc32)cc1. The first-order chi connectivity index (χ1) is 12.8. The van der Waals surface area contributed by atoms with Gasteiger partial charge in [-0.25, -0.2) is 4.68 Å². The highest BCUT2D eigenvalue weighted by molar-refractivity contribution is 5.95. The van der Waals surface area contributed by atoms with Crippen LogP contribution in [0.25, 0.3) is 16.7 Å². The molecule has 2 heterocycles. The van der Waals surface area contributed by atoms with Crippen molar-refractivity contribution in [3.8, 4) is 5.69 Å². The number of fused-ring (bicyclic) bond motifs is 1. The maximum absolute atomic E-state index is 12.6. The molecule has 0 spiro atoms. The zero-order chi connectivity index (χ0) is 17.9. The van der Waals surface area contributed by atoms with Crippen LogP contribution in [0.1, 0.15) is 26.2 Å². The van der Waals surface area contributed by atoms with Gasteiger partial charge in [0.1, 0.15) is 5.52 Å². The minimum absolute atomic E-state index is 0.00566. The van der Waals surface area contributed by atoms with E-state index in [1.54, 1.807) is 4.68 Å². The van der Waals surface area contributed by atoms with E-state index in [1.807, 2.05) is 48.5 Å². The van der Waals surface area contributed by atoms with E-state index in [1.165, 1.54) is 0 Å². The predicted octanol–water partition coefficient (Wildman–Crippen LogP) is 3.23. The van der Waals surface area contributed by atoms with Gasteiger partial charge < -0.3 is 5.32 Å². The number of carbonyl (C=O) groups is 1. The monoisotopic (exact) mass is 349 g/mol. The lowest BCUT2D eigenvalue weighted by molar-refractivity contribution is -0.120. The van der Waals surface area contributed by atoms with Crippen molar-refractivity contribution in [3.63, 3.8) is 0 Å². The molecule has 1 atom stereocenters. The lowest BCUT2D eigenvalue weighted by Gasteiger charge is -2.23. The van der Waals surface area contributed by atoms with Crippen molar-refractivity contribution in [2.24, 2.45) is 0 Å². The average molecular weight is 349 g/mol. The van der Waals surface area contributed by atoms with Gasteiger partial charge in [-0.1, -0.05) is 24.3 Å². The number of nitrogens with one attached hydrogen (secondary N) is 1. The molecule has 6 heteroatoms. The first kappa shape index (κ1) is 16.7. The smallest absolute Gasteiger partial charge is 0.241 e. The molecular formula is C20H23N5O. The molecule has 0 radical (unpaired) electrons. The van der Waals surface area contributed by atoms with Crippen molar-refractivity contribution in [1.82, 2.24) is 19.9 Å². The van der Waals surface area contributed by atoms with Gasteiger partial charge in [-0.15, -0.1) is 5.10 Å². The average Bonchev–Trinajstić information content (AvgIpc) is 3.30. The van der Waals surface area contributed by atoms with Crippen molar-refractivity contribution in [1.29, 1.82) is 0 Å². The highest BCUT2D eigenvalue weighted by atomic mass is 16.2. The van der Waals surface area contributed by atoms with E-state index in [9.17, 15) is 4.79 Å². The number of hydrogen-bond acceptors (Lipinski definition) is 4. The second kappa shape index (κ2) is 7.25. The highest BCUT2D eigenvalue weighted by Crippen LogP contribution is 2.21. The summed E-state index contributed by atoms with van der Waals surface area (Å²) in [4.78, 5) is 14.9. The molecule has 2 aromatic carbocycles. The van der Waals surface area contributed by atoms with Crippen LogP contribution in [0.4, 0.5) is 5.69 Å². The summed E-state index contributed by atoms with van der Waals surface area (Å²) >= 11 is 0. The third-order valence-electron chi connectivity index (χ3n) is 4.91. The molecule has 0 saturated carbocycles. The Morgan fingerprint density at radius 1 is 1.19 bits per heavy atom. The van der Waals surface area contributed by atoms with Crippen LogP contribution in [0.15, 0.2) is 48.5 Å². The van der Waals surface area contributed by atoms with Crippen LogP contribution in [0.2, 0.25) is 0 Å². The summed E-state index contributed by atoms with van der Waals surface area (Å²) < 4.78 is 1.81. The normalized spacial score (nSPS) is 17.7. The van der Waals surface area contributed by atoms with Crippen LogP contribution < -0.4 is 5.32 Å². The molecule has 1 aliphatic heterocycles. The van der Waals surface area contributed by atoms with Crippen LogP contribution in [-0.4, -0.2) is 44.9 Å². The Balaban J connectivity index is 1.49. The number of benzene rings is 2. The first-order valence-electron chi connectivity index (χ1n) is 9.22. The van der Waals surface area contributed by atoms with Gasteiger partial charge in [-0.2, -0.15) is 0 Å². The molecule has 0 aliphatic carbocycles. The van der Waals surface area contributed by atoms with Gasteiger partial charge in [-0.05, 0) is 68.8 Å². The molecule has 1 aromatic heterocycles. The number of para-hydroxylation sites is 1. The van der Waals surface area contributed by atoms with E-state index in [-0.39, 0.29) is 11.9 Å². The lowest BCUT2D eigenvalue weighted by Crippen LogP contribution is -2.39. The Hall–Kier alpha value is -2.73. The number of rotatable bonds is 5. The highest BCUT2D eigenvalue weighted by Gasteiger charge is 2.29. The van der Waals surface area contributed by atoms with E-state index in [0.29, 0.717) is 0 Å². The standard InChI is InChI=1S/C20H23N5O/c1-2-13-24-14-5-8-19(24)20(26)21-15-9-11-16(12-10-15)25-18-7-4-3-6-17(18)22-23-25/h3-4,6-7,9-12,19H,2,5,8,13-14H2,1H3,(H,21,26)/t19-/m0/s1. The van der Waals surface area contributed by atoms with Crippen LogP contribution >= 0.6 is 0 Å². The summed E-state index contributed by atoms with van der Waals surface area (Å²) in [5.74, 6) is 0.0925. The molecule has 4 rings (SSSR count). The third kappa shape index (κ3) is 3.20. The summed E-state index contributed by atoms with van der Waals surface area (Å²) in [5, 5.41) is 11.5. The maximum atomic E-state index is 12.6. The number of carbonyl (C=O) groups excluding carboxylic acids is 1. The van der Waals surface area contributed by atoms with E-state index >= 15 is 0 Å². The van der Waals surface area contributed by atoms with Crippen molar-refractivity contribution >= 4 is 22.6 Å². The van der Waals surface area contributed by atoms with E-state index in [0.717, 1.165) is 54.8 Å². The zero-order valence-electron chi connectivity index (χ0n) is 14.9. The first-order valence-corrected chi connectivity index (χ1v) is 9.22. The van der Waals surface area contributed by atoms with Crippen molar-refractivity contribution < 1.29 is 4.79 Å². The van der Waals surface area contributed by atoms with E-state index < -0.39 is 0 Å². The number of hydrogen-bond donors (Lipinski definition) is 1. The summed E-state index contributed by atoms with van der Waals surface area (Å²) in [6, 6.07) is 15.6. The van der Waals surface area contributed by atoms with Gasteiger partial charge >= 0.3 is 0 Å². The molecule has 1 fully saturated rings. The Bertz CT molecular complexity index is 902. The summed E-state index contributed by atoms with van der Waals surface area (Å²) in [7, 11) is 0. The summed E-state index contributed by atoms with van der Waals surface area (Å²) in [6.07, 6.45) is 3.11. The topological polar surface area (TPSA) is 63.1 Å². The molecule has 1 aliphatic rings. The summed E-state index contributed by atoms with van der Waals surface area (Å²) in [6.45, 7) is 4.15. The van der Waals surface area contributed by atoms with Gasteiger partial charge in [0.25, 0.3) is 0 Å². The minimum atomic E-state index is -0.00566. The van der Waals surface area contributed by atoms with Crippen LogP contribution in [-0.2, 0) is 4.79 Å². The fourth-order valence-electron chi connectivity index (χ4n) is 3.65. The van der Waals surface area contributed by atoms with Crippen molar-refractivity contribution in [3.05, 3.63) is 48.5 Å². The number of likely N-dealkylation sites (tertiary alicyclic amines) is 1. The minimum Gasteiger partial charge on any atom is -0.325 e. The maximum Gasteiger partial charge on any atom is 0.241 e. The van der Waals surface area contributed by atoms with Crippen LogP contribution in [0.5, 0.6) is 0 Å². The van der Waals surface area contributed by atoms with Crippen LogP contribution in [0.3, 0.4) is 0 Å². The fraction of sp³-hybridized carbons (Fsp3) is 0.350. The van der Waals surface area contributed by atoms with Gasteiger partial charge in [0.15, 0.2) is 0 Å². The molecule has 0 bridgehead atoms. The molecule has 1 saturated heterocycles. The lowest BCUT2D eigenvalue weighted by atomic mass is 10.2. The third-order valence-corrected chi connectivity index (χ3v) is 4.91.